The predicted octanol–water partition coefficient (Wildman–Crippen LogP) is 3.21. The molecule has 0 unspecified atom stereocenters. The van der Waals surface area contributed by atoms with E-state index in [4.69, 9.17) is 0 Å². The maximum Gasteiger partial charge on any atom is 0.132 e. The molecule has 1 heterocycles. The second kappa shape index (κ2) is 6.90. The summed E-state index contributed by atoms with van der Waals surface area (Å²) in [7, 11) is 2.18. The van der Waals surface area contributed by atoms with E-state index in [2.05, 4.69) is 42.2 Å². The maximum absolute atomic E-state index is 4.58. The van der Waals surface area contributed by atoms with Gasteiger partial charge in [0.15, 0.2) is 0 Å². The first-order chi connectivity index (χ1) is 9.16. The summed E-state index contributed by atoms with van der Waals surface area (Å²) in [4.78, 5) is 6.93. The first-order valence-corrected chi connectivity index (χ1v) is 7.55. The SMILES string of the molecule is CC(C)NCc1cccnc1N(C)CC1CCCC1. The summed E-state index contributed by atoms with van der Waals surface area (Å²) < 4.78 is 0. The van der Waals surface area contributed by atoms with Crippen LogP contribution in [0.1, 0.15) is 45.1 Å². The third kappa shape index (κ3) is 4.20. The average molecular weight is 261 g/mol. The molecule has 0 bridgehead atoms. The van der Waals surface area contributed by atoms with Crippen molar-refractivity contribution in [3.63, 3.8) is 0 Å². The van der Waals surface area contributed by atoms with Crippen molar-refractivity contribution in [1.29, 1.82) is 0 Å². The number of rotatable bonds is 6. The van der Waals surface area contributed by atoms with Crippen molar-refractivity contribution in [3.8, 4) is 0 Å². The molecule has 0 amide bonds. The van der Waals surface area contributed by atoms with Crippen LogP contribution in [-0.2, 0) is 6.54 Å². The van der Waals surface area contributed by atoms with Gasteiger partial charge in [0.2, 0.25) is 0 Å². The van der Waals surface area contributed by atoms with Crippen LogP contribution in [0, 0.1) is 5.92 Å². The highest BCUT2D eigenvalue weighted by Crippen LogP contribution is 2.27. The Bertz CT molecular complexity index is 383. The minimum absolute atomic E-state index is 0.508. The Hall–Kier alpha value is -1.09. The number of hydrogen-bond donors (Lipinski definition) is 1. The topological polar surface area (TPSA) is 28.2 Å². The Kier molecular flexibility index (Phi) is 5.20. The summed E-state index contributed by atoms with van der Waals surface area (Å²) in [5.41, 5.74) is 1.30. The molecule has 0 spiro atoms. The van der Waals surface area contributed by atoms with Crippen LogP contribution >= 0.6 is 0 Å². The third-order valence-electron chi connectivity index (χ3n) is 3.94. The van der Waals surface area contributed by atoms with Crippen LogP contribution in [0.5, 0.6) is 0 Å². The average Bonchev–Trinajstić information content (AvgIpc) is 2.89. The van der Waals surface area contributed by atoms with Gasteiger partial charge in [0.1, 0.15) is 5.82 Å². The molecule has 19 heavy (non-hydrogen) atoms. The fraction of sp³-hybridized carbons (Fsp3) is 0.688. The first-order valence-electron chi connectivity index (χ1n) is 7.55. The summed E-state index contributed by atoms with van der Waals surface area (Å²) in [6.45, 7) is 6.40. The van der Waals surface area contributed by atoms with Crippen LogP contribution in [0.4, 0.5) is 5.82 Å². The van der Waals surface area contributed by atoms with Crippen LogP contribution < -0.4 is 10.2 Å². The van der Waals surface area contributed by atoms with E-state index < -0.39 is 0 Å². The number of pyridine rings is 1. The van der Waals surface area contributed by atoms with E-state index in [1.54, 1.807) is 0 Å². The molecule has 1 aromatic rings. The molecule has 0 radical (unpaired) electrons. The van der Waals surface area contributed by atoms with Crippen molar-refractivity contribution in [2.75, 3.05) is 18.5 Å². The van der Waals surface area contributed by atoms with E-state index in [9.17, 15) is 0 Å². The lowest BCUT2D eigenvalue weighted by atomic mass is 10.1. The van der Waals surface area contributed by atoms with Crippen molar-refractivity contribution in [1.82, 2.24) is 10.3 Å². The molecule has 1 fully saturated rings. The molecular formula is C16H27N3. The molecule has 0 saturated heterocycles. The largest absolute Gasteiger partial charge is 0.359 e. The lowest BCUT2D eigenvalue weighted by Gasteiger charge is -2.24. The lowest BCUT2D eigenvalue weighted by Crippen LogP contribution is -2.28. The van der Waals surface area contributed by atoms with Crippen molar-refractivity contribution in [3.05, 3.63) is 23.9 Å². The summed E-state index contributed by atoms with van der Waals surface area (Å²) in [6, 6.07) is 4.72. The zero-order valence-electron chi connectivity index (χ0n) is 12.5. The molecule has 1 saturated carbocycles. The second-order valence-electron chi connectivity index (χ2n) is 6.05. The number of hydrogen-bond acceptors (Lipinski definition) is 3. The van der Waals surface area contributed by atoms with E-state index in [-0.39, 0.29) is 0 Å². The van der Waals surface area contributed by atoms with Crippen molar-refractivity contribution < 1.29 is 0 Å². The zero-order valence-corrected chi connectivity index (χ0v) is 12.5. The van der Waals surface area contributed by atoms with Gasteiger partial charge in [-0.25, -0.2) is 4.98 Å². The van der Waals surface area contributed by atoms with E-state index in [1.807, 2.05) is 12.3 Å². The van der Waals surface area contributed by atoms with Crippen LogP contribution in [0.15, 0.2) is 18.3 Å². The van der Waals surface area contributed by atoms with Gasteiger partial charge >= 0.3 is 0 Å². The highest BCUT2D eigenvalue weighted by atomic mass is 15.2. The van der Waals surface area contributed by atoms with Gasteiger partial charge in [0, 0.05) is 37.9 Å². The van der Waals surface area contributed by atoms with E-state index in [0.29, 0.717) is 6.04 Å². The fourth-order valence-electron chi connectivity index (χ4n) is 2.89. The van der Waals surface area contributed by atoms with E-state index in [1.165, 1.54) is 31.2 Å². The summed E-state index contributed by atoms with van der Waals surface area (Å²) in [5, 5.41) is 3.48. The fourth-order valence-corrected chi connectivity index (χ4v) is 2.89. The molecule has 1 aliphatic carbocycles. The smallest absolute Gasteiger partial charge is 0.132 e. The predicted molar refractivity (Wildman–Crippen MR) is 81.4 cm³/mol. The first kappa shape index (κ1) is 14.3. The Morgan fingerprint density at radius 1 is 1.37 bits per heavy atom. The Labute approximate surface area is 117 Å². The molecule has 0 aromatic carbocycles. The van der Waals surface area contributed by atoms with Crippen molar-refractivity contribution in [2.45, 2.75) is 52.1 Å². The van der Waals surface area contributed by atoms with E-state index in [0.717, 1.165) is 24.8 Å². The molecular weight excluding hydrogens is 234 g/mol. The van der Waals surface area contributed by atoms with Crippen LogP contribution in [0.25, 0.3) is 0 Å². The van der Waals surface area contributed by atoms with Crippen LogP contribution in [0.2, 0.25) is 0 Å². The van der Waals surface area contributed by atoms with Gasteiger partial charge < -0.3 is 10.2 Å². The van der Waals surface area contributed by atoms with Crippen LogP contribution in [0.3, 0.4) is 0 Å². The standard InChI is InChI=1S/C16H27N3/c1-13(2)18-11-15-9-6-10-17-16(15)19(3)12-14-7-4-5-8-14/h6,9-10,13-14,18H,4-5,7-8,11-12H2,1-3H3. The van der Waals surface area contributed by atoms with Gasteiger partial charge in [-0.1, -0.05) is 32.8 Å². The third-order valence-corrected chi connectivity index (χ3v) is 3.94. The number of nitrogens with one attached hydrogen (secondary N) is 1. The highest BCUT2D eigenvalue weighted by molar-refractivity contribution is 5.46. The highest BCUT2D eigenvalue weighted by Gasteiger charge is 2.18. The lowest BCUT2D eigenvalue weighted by molar-refractivity contribution is 0.541. The number of anilines is 1. The van der Waals surface area contributed by atoms with Gasteiger partial charge in [0.05, 0.1) is 0 Å². The summed E-state index contributed by atoms with van der Waals surface area (Å²) in [5.74, 6) is 2.00. The van der Waals surface area contributed by atoms with Crippen molar-refractivity contribution >= 4 is 5.82 Å². The molecule has 2 rings (SSSR count). The molecule has 1 aromatic heterocycles. The summed E-state index contributed by atoms with van der Waals surface area (Å²) >= 11 is 0. The van der Waals surface area contributed by atoms with E-state index >= 15 is 0 Å². The van der Waals surface area contributed by atoms with Crippen LogP contribution in [-0.4, -0.2) is 24.6 Å². The quantitative estimate of drug-likeness (QED) is 0.852. The Morgan fingerprint density at radius 3 is 2.79 bits per heavy atom. The molecule has 1 aliphatic rings. The molecule has 3 nitrogen and oxygen atoms in total. The molecule has 1 N–H and O–H groups in total. The minimum Gasteiger partial charge on any atom is -0.359 e. The van der Waals surface area contributed by atoms with Gasteiger partial charge in [-0.2, -0.15) is 0 Å². The van der Waals surface area contributed by atoms with Gasteiger partial charge in [-0.15, -0.1) is 0 Å². The van der Waals surface area contributed by atoms with Crippen molar-refractivity contribution in [2.24, 2.45) is 5.92 Å². The van der Waals surface area contributed by atoms with Gasteiger partial charge in [-0.3, -0.25) is 0 Å². The molecule has 3 heteroatoms. The minimum atomic E-state index is 0.508. The maximum atomic E-state index is 4.58. The Morgan fingerprint density at radius 2 is 2.11 bits per heavy atom. The van der Waals surface area contributed by atoms with Gasteiger partial charge in [0.25, 0.3) is 0 Å². The Balaban J connectivity index is 2.00. The zero-order chi connectivity index (χ0) is 13.7. The monoisotopic (exact) mass is 261 g/mol. The summed E-state index contributed by atoms with van der Waals surface area (Å²) in [6.07, 6.45) is 7.48. The number of nitrogens with zero attached hydrogens (tertiary/aromatic N) is 2. The molecule has 0 atom stereocenters. The molecule has 106 valence electrons. The normalized spacial score (nSPS) is 16.2. The van der Waals surface area contributed by atoms with Gasteiger partial charge in [-0.05, 0) is 24.8 Å². The molecule has 0 aliphatic heterocycles. The second-order valence-corrected chi connectivity index (χ2v) is 6.05. The number of aromatic nitrogens is 1.